The van der Waals surface area contributed by atoms with E-state index in [1.807, 2.05) is 52.0 Å². The molecule has 62 heavy (non-hydrogen) atoms. The summed E-state index contributed by atoms with van der Waals surface area (Å²) in [7, 11) is 1.42. The average molecular weight is 870 g/mol. The number of carbonyl (C=O) groups excluding carboxylic acids is 6. The predicted molar refractivity (Wildman–Crippen MR) is 235 cm³/mol. The first-order valence-electron chi connectivity index (χ1n) is 20.5. The predicted octanol–water partition coefficient (Wildman–Crippen LogP) is 5.59. The molecule has 0 bridgehead atoms. The molecule has 17 heteroatoms. The zero-order valence-electron chi connectivity index (χ0n) is 35.6. The molecule has 3 atom stereocenters. The van der Waals surface area contributed by atoms with Crippen molar-refractivity contribution in [3.8, 4) is 16.2 Å². The van der Waals surface area contributed by atoms with Crippen LogP contribution in [0.15, 0.2) is 72.2 Å². The monoisotopic (exact) mass is 869 g/mol. The summed E-state index contributed by atoms with van der Waals surface area (Å²) in [5.41, 5.74) is 6.70. The molecule has 2 heterocycles. The molecular weight excluding hydrogens is 815 g/mol. The van der Waals surface area contributed by atoms with E-state index < -0.39 is 41.3 Å². The highest BCUT2D eigenvalue weighted by molar-refractivity contribution is 7.13. The zero-order chi connectivity index (χ0) is 45.0. The number of nitrogens with one attached hydrogen (secondary N) is 5. The van der Waals surface area contributed by atoms with Crippen molar-refractivity contribution in [3.63, 3.8) is 0 Å². The van der Waals surface area contributed by atoms with E-state index in [0.29, 0.717) is 42.7 Å². The fraction of sp³-hybridized carbons (Fsp3) is 0.400. The smallest absolute Gasteiger partial charge is 0.274 e. The first kappa shape index (κ1) is 46.9. The lowest BCUT2D eigenvalue weighted by Crippen LogP contribution is -2.57. The first-order valence-corrected chi connectivity index (χ1v) is 21.3. The maximum Gasteiger partial charge on any atom is 0.274 e. The number of hydroxylamine groups is 1. The maximum atomic E-state index is 14.0. The molecule has 0 saturated carbocycles. The van der Waals surface area contributed by atoms with Gasteiger partial charge in [0.25, 0.3) is 11.8 Å². The fourth-order valence-electron chi connectivity index (χ4n) is 7.07. The number of anilines is 2. The van der Waals surface area contributed by atoms with Gasteiger partial charge in [0, 0.05) is 49.2 Å². The van der Waals surface area contributed by atoms with Crippen molar-refractivity contribution in [3.05, 3.63) is 94.6 Å². The van der Waals surface area contributed by atoms with Gasteiger partial charge in [-0.15, -0.1) is 11.3 Å². The van der Waals surface area contributed by atoms with Gasteiger partial charge in [-0.3, -0.25) is 34.0 Å². The molecule has 5 rings (SSSR count). The molecule has 1 aliphatic rings. The Bertz CT molecular complexity index is 2220. The second kappa shape index (κ2) is 21.6. The highest BCUT2D eigenvalue weighted by atomic mass is 32.1. The van der Waals surface area contributed by atoms with E-state index in [2.05, 4.69) is 26.3 Å². The molecule has 1 aliphatic heterocycles. The summed E-state index contributed by atoms with van der Waals surface area (Å²) in [6.07, 6.45) is 2.17. The van der Waals surface area contributed by atoms with Crippen molar-refractivity contribution in [2.75, 3.05) is 24.3 Å². The summed E-state index contributed by atoms with van der Waals surface area (Å²) in [5.74, 6) is -2.21. The van der Waals surface area contributed by atoms with Crippen LogP contribution >= 0.6 is 11.3 Å². The van der Waals surface area contributed by atoms with Gasteiger partial charge in [-0.05, 0) is 78.8 Å². The van der Waals surface area contributed by atoms with Crippen molar-refractivity contribution < 1.29 is 43.8 Å². The number of aliphatic hydroxyl groups excluding tert-OH is 1. The van der Waals surface area contributed by atoms with Gasteiger partial charge >= 0.3 is 0 Å². The molecule has 330 valence electrons. The Kier molecular flexibility index (Phi) is 16.3. The Labute approximate surface area is 364 Å². The van der Waals surface area contributed by atoms with Gasteiger partial charge in [-0.2, -0.15) is 0 Å². The standard InChI is InChI=1S/C45H55N7O9S/c1-27-39(62-26-47-27)29-14-12-28(13-15-29)24-46-43(58)35-23-33(53)25-52(35)44(59)40(45(2,3)4)50-38(55)11-9-7-6-8-10-37(54)48-32-19-16-30(17-20-32)41(56)49-34-22-31(42(57)51-60)18-21-36(34)61-5/h12-22,26,33,35,40,53,60H,6-11,23-25H2,1-5H3,(H,46,58)(H,48,54)(H,49,56)(H,50,55)(H,51,57)/t33-,35+,40-/m1/s1. The molecule has 1 fully saturated rings. The lowest BCUT2D eigenvalue weighted by molar-refractivity contribution is -0.144. The number of aromatic nitrogens is 1. The van der Waals surface area contributed by atoms with Crippen LogP contribution in [-0.2, 0) is 25.7 Å². The number of nitrogens with zero attached hydrogens (tertiary/aromatic N) is 2. The van der Waals surface area contributed by atoms with Crippen molar-refractivity contribution >= 4 is 58.2 Å². The van der Waals surface area contributed by atoms with Crippen LogP contribution in [0.2, 0.25) is 0 Å². The Morgan fingerprint density at radius 3 is 2.15 bits per heavy atom. The van der Waals surface area contributed by atoms with E-state index in [1.54, 1.807) is 46.6 Å². The third-order valence-electron chi connectivity index (χ3n) is 10.5. The van der Waals surface area contributed by atoms with Crippen LogP contribution in [0, 0.1) is 12.3 Å². The molecule has 3 aromatic carbocycles. The number of carbonyl (C=O) groups is 6. The van der Waals surface area contributed by atoms with Crippen molar-refractivity contribution in [2.45, 2.75) is 97.4 Å². The third-order valence-corrected chi connectivity index (χ3v) is 11.5. The van der Waals surface area contributed by atoms with Gasteiger partial charge in [-0.1, -0.05) is 57.9 Å². The Balaban J connectivity index is 1.02. The van der Waals surface area contributed by atoms with E-state index >= 15 is 0 Å². The summed E-state index contributed by atoms with van der Waals surface area (Å²) < 4.78 is 5.26. The lowest BCUT2D eigenvalue weighted by Gasteiger charge is -2.35. The van der Waals surface area contributed by atoms with Crippen molar-refractivity contribution in [2.24, 2.45) is 5.41 Å². The molecule has 4 aromatic rings. The Morgan fingerprint density at radius 2 is 1.53 bits per heavy atom. The lowest BCUT2D eigenvalue weighted by atomic mass is 9.85. The van der Waals surface area contributed by atoms with Gasteiger partial charge in [0.05, 0.1) is 35.0 Å². The number of benzene rings is 3. The number of aryl methyl sites for hydroxylation is 1. The first-order chi connectivity index (χ1) is 29.6. The second-order valence-electron chi connectivity index (χ2n) is 16.3. The highest BCUT2D eigenvalue weighted by Gasteiger charge is 2.44. The summed E-state index contributed by atoms with van der Waals surface area (Å²) >= 11 is 1.56. The van der Waals surface area contributed by atoms with Crippen molar-refractivity contribution in [1.82, 2.24) is 26.0 Å². The molecular formula is C45H55N7O9S. The van der Waals surface area contributed by atoms with E-state index in [0.717, 1.165) is 21.7 Å². The largest absolute Gasteiger partial charge is 0.495 e. The molecule has 7 N–H and O–H groups in total. The number of thiazole rings is 1. The molecule has 0 unspecified atom stereocenters. The number of aliphatic hydroxyl groups is 1. The number of hydrogen-bond donors (Lipinski definition) is 7. The number of ether oxygens (including phenoxy) is 1. The number of β-amino-alcohol motifs (C(OH)–C–C–N with tert-alkyl or cyclic N) is 1. The van der Waals surface area contributed by atoms with Gasteiger partial charge in [0.2, 0.25) is 23.6 Å². The molecule has 0 radical (unpaired) electrons. The summed E-state index contributed by atoms with van der Waals surface area (Å²) in [4.78, 5) is 84.6. The highest BCUT2D eigenvalue weighted by Crippen LogP contribution is 2.29. The molecule has 0 spiro atoms. The summed E-state index contributed by atoms with van der Waals surface area (Å²) in [6, 6.07) is 16.6. The molecule has 16 nitrogen and oxygen atoms in total. The Hall–Kier alpha value is -6.17. The van der Waals surface area contributed by atoms with Crippen LogP contribution in [0.1, 0.15) is 97.7 Å². The molecule has 6 amide bonds. The maximum absolute atomic E-state index is 14.0. The van der Waals surface area contributed by atoms with Crippen LogP contribution in [0.5, 0.6) is 5.75 Å². The van der Waals surface area contributed by atoms with Gasteiger partial charge in [0.1, 0.15) is 17.8 Å². The summed E-state index contributed by atoms with van der Waals surface area (Å²) in [6.45, 7) is 7.72. The molecule has 1 saturated heterocycles. The van der Waals surface area contributed by atoms with Crippen LogP contribution in [-0.4, -0.2) is 87.5 Å². The van der Waals surface area contributed by atoms with Crippen LogP contribution in [0.3, 0.4) is 0 Å². The minimum Gasteiger partial charge on any atom is -0.495 e. The molecule has 1 aromatic heterocycles. The number of methoxy groups -OCH3 is 1. The number of unbranched alkanes of at least 4 members (excludes halogenated alkanes) is 3. The average Bonchev–Trinajstić information content (AvgIpc) is 3.87. The van der Waals surface area contributed by atoms with E-state index in [1.165, 1.54) is 30.2 Å². The van der Waals surface area contributed by atoms with Gasteiger partial charge < -0.3 is 36.0 Å². The minimum atomic E-state index is -0.923. The zero-order valence-corrected chi connectivity index (χ0v) is 36.4. The normalized spacial score (nSPS) is 15.3. The SMILES string of the molecule is COc1ccc(C(=O)NO)cc1NC(=O)c1ccc(NC(=O)CCCCCCC(=O)N[C@H](C(=O)N2C[C@H](O)C[C@H]2C(=O)NCc2ccc(-c3scnc3C)cc2)C(C)(C)C)cc1. The van der Waals surface area contributed by atoms with Crippen molar-refractivity contribution in [1.29, 1.82) is 0 Å². The topological polar surface area (TPSA) is 228 Å². The third kappa shape index (κ3) is 12.7. The fourth-order valence-corrected chi connectivity index (χ4v) is 7.88. The molecule has 0 aliphatic carbocycles. The van der Waals surface area contributed by atoms with Crippen LogP contribution in [0.25, 0.3) is 10.4 Å². The number of amides is 6. The van der Waals surface area contributed by atoms with E-state index in [9.17, 15) is 33.9 Å². The quantitative estimate of drug-likeness (QED) is 0.0373. The number of rotatable bonds is 18. The number of likely N-dealkylation sites (tertiary alicyclic amines) is 1. The number of hydrogen-bond acceptors (Lipinski definition) is 11. The van der Waals surface area contributed by atoms with Gasteiger partial charge in [0.15, 0.2) is 0 Å². The van der Waals surface area contributed by atoms with Crippen LogP contribution < -0.4 is 31.5 Å². The van der Waals surface area contributed by atoms with E-state index in [-0.39, 0.29) is 61.3 Å². The second-order valence-corrected chi connectivity index (χ2v) is 17.1. The van der Waals surface area contributed by atoms with Crippen LogP contribution in [0.4, 0.5) is 11.4 Å². The Morgan fingerprint density at radius 1 is 0.871 bits per heavy atom. The van der Waals surface area contributed by atoms with Gasteiger partial charge in [-0.25, -0.2) is 10.5 Å². The minimum absolute atomic E-state index is 0.0137. The van der Waals surface area contributed by atoms with E-state index in [4.69, 9.17) is 9.94 Å². The summed E-state index contributed by atoms with van der Waals surface area (Å²) in [5, 5.41) is 30.8.